The summed E-state index contributed by atoms with van der Waals surface area (Å²) in [5.74, 6) is -1.44. The molecule has 2 aromatic carbocycles. The third-order valence-electron chi connectivity index (χ3n) is 3.69. The van der Waals surface area contributed by atoms with Crippen LogP contribution < -0.4 is 16.1 Å². The van der Waals surface area contributed by atoms with E-state index < -0.39 is 23.7 Å². The fourth-order valence-electron chi connectivity index (χ4n) is 2.44. The second kappa shape index (κ2) is 7.02. The minimum Gasteiger partial charge on any atom is -0.368 e. The number of benzene rings is 2. The van der Waals surface area contributed by atoms with Gasteiger partial charge in [0.25, 0.3) is 5.91 Å². The number of amides is 2. The molecule has 1 atom stereocenters. The summed E-state index contributed by atoms with van der Waals surface area (Å²) >= 11 is 3.32. The first-order chi connectivity index (χ1) is 11.9. The van der Waals surface area contributed by atoms with Gasteiger partial charge in [-0.05, 0) is 48.5 Å². The van der Waals surface area contributed by atoms with Crippen LogP contribution in [0.2, 0.25) is 0 Å². The number of carbonyl (C=O) groups excluding carboxylic acids is 2. The van der Waals surface area contributed by atoms with Gasteiger partial charge in [0.1, 0.15) is 17.6 Å². The van der Waals surface area contributed by atoms with Crippen molar-refractivity contribution in [1.29, 1.82) is 0 Å². The van der Waals surface area contributed by atoms with Crippen LogP contribution in [-0.4, -0.2) is 23.6 Å². The van der Waals surface area contributed by atoms with Crippen LogP contribution >= 0.6 is 15.9 Å². The predicted octanol–water partition coefficient (Wildman–Crippen LogP) is 2.65. The van der Waals surface area contributed by atoms with Crippen molar-refractivity contribution in [2.24, 2.45) is 10.8 Å². The van der Waals surface area contributed by atoms with Gasteiger partial charge in [-0.15, -0.1) is 0 Å². The highest BCUT2D eigenvalue weighted by atomic mass is 79.9. The molecule has 3 N–H and O–H groups in total. The molecule has 1 aliphatic rings. The Morgan fingerprint density at radius 1 is 1.16 bits per heavy atom. The molecule has 8 heteroatoms. The summed E-state index contributed by atoms with van der Waals surface area (Å²) in [6.45, 7) is 0. The SMILES string of the molecule is NC(=O)[C@@H]1CC(C(=O)Nc2ccc(Br)cc2)=NN1c1ccc(F)cc1. The Balaban J connectivity index is 1.82. The highest BCUT2D eigenvalue weighted by molar-refractivity contribution is 9.10. The van der Waals surface area contributed by atoms with Gasteiger partial charge >= 0.3 is 0 Å². The number of nitrogens with two attached hydrogens (primary N) is 1. The van der Waals surface area contributed by atoms with E-state index in [-0.39, 0.29) is 12.1 Å². The Bertz CT molecular complexity index is 837. The highest BCUT2D eigenvalue weighted by Gasteiger charge is 2.35. The van der Waals surface area contributed by atoms with Gasteiger partial charge in [0.05, 0.1) is 5.69 Å². The maximum atomic E-state index is 13.1. The lowest BCUT2D eigenvalue weighted by molar-refractivity contribution is -0.119. The van der Waals surface area contributed by atoms with Gasteiger partial charge in [-0.3, -0.25) is 14.6 Å². The Morgan fingerprint density at radius 3 is 2.40 bits per heavy atom. The van der Waals surface area contributed by atoms with Crippen LogP contribution in [0, 0.1) is 5.82 Å². The lowest BCUT2D eigenvalue weighted by Crippen LogP contribution is -2.39. The molecule has 0 unspecified atom stereocenters. The smallest absolute Gasteiger partial charge is 0.271 e. The monoisotopic (exact) mass is 404 g/mol. The summed E-state index contributed by atoms with van der Waals surface area (Å²) < 4.78 is 14.0. The Kier molecular flexibility index (Phi) is 4.80. The molecular weight excluding hydrogens is 391 g/mol. The molecule has 0 saturated heterocycles. The first-order valence-electron chi connectivity index (χ1n) is 7.42. The summed E-state index contributed by atoms with van der Waals surface area (Å²) in [6, 6.07) is 11.7. The quantitative estimate of drug-likeness (QED) is 0.820. The molecule has 3 rings (SSSR count). The minimum atomic E-state index is -0.795. The maximum absolute atomic E-state index is 13.1. The number of primary amides is 1. The molecule has 0 radical (unpaired) electrons. The number of hydrogen-bond donors (Lipinski definition) is 2. The molecule has 0 aromatic heterocycles. The van der Waals surface area contributed by atoms with Gasteiger partial charge in [0.15, 0.2) is 0 Å². The predicted molar refractivity (Wildman–Crippen MR) is 96.7 cm³/mol. The van der Waals surface area contributed by atoms with E-state index in [0.29, 0.717) is 11.4 Å². The van der Waals surface area contributed by atoms with E-state index in [4.69, 9.17) is 5.73 Å². The second-order valence-electron chi connectivity index (χ2n) is 5.45. The number of carbonyl (C=O) groups is 2. The zero-order chi connectivity index (χ0) is 18.0. The third-order valence-corrected chi connectivity index (χ3v) is 4.22. The first kappa shape index (κ1) is 17.1. The van der Waals surface area contributed by atoms with Gasteiger partial charge in [-0.25, -0.2) is 4.39 Å². The molecule has 0 saturated carbocycles. The maximum Gasteiger partial charge on any atom is 0.271 e. The number of hydrogen-bond acceptors (Lipinski definition) is 4. The van der Waals surface area contributed by atoms with Crippen LogP contribution in [0.5, 0.6) is 0 Å². The van der Waals surface area contributed by atoms with Gasteiger partial charge < -0.3 is 11.1 Å². The average Bonchev–Trinajstić information content (AvgIpc) is 3.03. The van der Waals surface area contributed by atoms with Gasteiger partial charge in [-0.1, -0.05) is 15.9 Å². The minimum absolute atomic E-state index is 0.0784. The Hall–Kier alpha value is -2.74. The van der Waals surface area contributed by atoms with Crippen molar-refractivity contribution < 1.29 is 14.0 Å². The molecule has 1 aliphatic heterocycles. The fraction of sp³-hybridized carbons (Fsp3) is 0.118. The van der Waals surface area contributed by atoms with Crippen LogP contribution in [0.25, 0.3) is 0 Å². The van der Waals surface area contributed by atoms with Crippen LogP contribution in [0.15, 0.2) is 58.1 Å². The van der Waals surface area contributed by atoms with Crippen molar-refractivity contribution in [2.45, 2.75) is 12.5 Å². The largest absolute Gasteiger partial charge is 0.368 e. The third kappa shape index (κ3) is 3.85. The van der Waals surface area contributed by atoms with Crippen molar-refractivity contribution >= 4 is 44.8 Å². The molecular formula is C17H14BrFN4O2. The van der Waals surface area contributed by atoms with Crippen molar-refractivity contribution in [3.8, 4) is 0 Å². The number of anilines is 2. The second-order valence-corrected chi connectivity index (χ2v) is 6.37. The molecule has 6 nitrogen and oxygen atoms in total. The number of hydrazone groups is 1. The van der Waals surface area contributed by atoms with E-state index in [1.807, 2.05) is 0 Å². The summed E-state index contributed by atoms with van der Waals surface area (Å²) in [6.07, 6.45) is 0.0784. The molecule has 0 aliphatic carbocycles. The summed E-state index contributed by atoms with van der Waals surface area (Å²) in [7, 11) is 0. The summed E-state index contributed by atoms with van der Waals surface area (Å²) in [5, 5.41) is 8.28. The number of nitrogens with zero attached hydrogens (tertiary/aromatic N) is 2. The van der Waals surface area contributed by atoms with Crippen molar-refractivity contribution in [1.82, 2.24) is 0 Å². The molecule has 0 fully saturated rings. The molecule has 25 heavy (non-hydrogen) atoms. The summed E-state index contributed by atoms with van der Waals surface area (Å²) in [4.78, 5) is 24.1. The number of nitrogens with one attached hydrogen (secondary N) is 1. The standard InChI is InChI=1S/C17H14BrFN4O2/c18-10-1-5-12(6-2-10)21-17(25)14-9-15(16(20)24)23(22-14)13-7-3-11(19)4-8-13/h1-8,15H,9H2,(H2,20,24)(H,21,25)/t15-/m0/s1. The topological polar surface area (TPSA) is 87.8 Å². The van der Waals surface area contributed by atoms with E-state index in [2.05, 4.69) is 26.3 Å². The zero-order valence-corrected chi connectivity index (χ0v) is 14.5. The number of rotatable bonds is 4. The Morgan fingerprint density at radius 2 is 1.80 bits per heavy atom. The van der Waals surface area contributed by atoms with Gasteiger partial charge in [0.2, 0.25) is 5.91 Å². The normalized spacial score (nSPS) is 16.5. The average molecular weight is 405 g/mol. The van der Waals surface area contributed by atoms with E-state index in [1.54, 1.807) is 24.3 Å². The van der Waals surface area contributed by atoms with Crippen LogP contribution in [0.4, 0.5) is 15.8 Å². The van der Waals surface area contributed by atoms with E-state index in [9.17, 15) is 14.0 Å². The molecule has 0 spiro atoms. The van der Waals surface area contributed by atoms with Crippen molar-refractivity contribution in [3.05, 3.63) is 58.8 Å². The molecule has 2 aromatic rings. The molecule has 128 valence electrons. The van der Waals surface area contributed by atoms with Crippen molar-refractivity contribution in [3.63, 3.8) is 0 Å². The van der Waals surface area contributed by atoms with Crippen LogP contribution in [0.1, 0.15) is 6.42 Å². The van der Waals surface area contributed by atoms with E-state index in [0.717, 1.165) is 4.47 Å². The highest BCUT2D eigenvalue weighted by Crippen LogP contribution is 2.25. The van der Waals surface area contributed by atoms with Crippen LogP contribution in [0.3, 0.4) is 0 Å². The fourth-order valence-corrected chi connectivity index (χ4v) is 2.70. The van der Waals surface area contributed by atoms with Gasteiger partial charge in [0, 0.05) is 16.6 Å². The molecule has 1 heterocycles. The number of halogens is 2. The van der Waals surface area contributed by atoms with E-state index in [1.165, 1.54) is 29.3 Å². The first-order valence-corrected chi connectivity index (χ1v) is 8.22. The van der Waals surface area contributed by atoms with Crippen molar-refractivity contribution in [2.75, 3.05) is 10.3 Å². The summed E-state index contributed by atoms with van der Waals surface area (Å²) in [5.41, 5.74) is 6.69. The van der Waals surface area contributed by atoms with Crippen LogP contribution in [-0.2, 0) is 9.59 Å². The van der Waals surface area contributed by atoms with Gasteiger partial charge in [-0.2, -0.15) is 5.10 Å². The zero-order valence-electron chi connectivity index (χ0n) is 12.9. The molecule has 2 amide bonds. The molecule has 0 bridgehead atoms. The lowest BCUT2D eigenvalue weighted by Gasteiger charge is -2.20. The lowest BCUT2D eigenvalue weighted by atomic mass is 10.1. The van der Waals surface area contributed by atoms with E-state index >= 15 is 0 Å². The Labute approximate surface area is 151 Å².